The molecule has 1 aromatic rings. The van der Waals surface area contributed by atoms with Gasteiger partial charge in [0.15, 0.2) is 0 Å². The van der Waals surface area contributed by atoms with Crippen molar-refractivity contribution in [3.63, 3.8) is 0 Å². The zero-order valence-corrected chi connectivity index (χ0v) is 21.9. The maximum Gasteiger partial charge on any atom is 0.471 e. The van der Waals surface area contributed by atoms with Gasteiger partial charge < -0.3 is 25.6 Å². The van der Waals surface area contributed by atoms with Gasteiger partial charge in [0.25, 0.3) is 0 Å². The van der Waals surface area contributed by atoms with Crippen molar-refractivity contribution in [1.29, 1.82) is 5.26 Å². The Bertz CT molecular complexity index is 1190. The number of hydrogen-bond acceptors (Lipinski definition) is 6. The van der Waals surface area contributed by atoms with Crippen LogP contribution in [0, 0.1) is 34.0 Å². The fraction of sp³-hybridized carbons (Fsp3) is 0.615. The van der Waals surface area contributed by atoms with Crippen LogP contribution < -0.4 is 20.7 Å². The summed E-state index contributed by atoms with van der Waals surface area (Å²) in [6, 6.07) is 3.63. The number of likely N-dealkylation sites (tertiary alicyclic amines) is 1. The minimum atomic E-state index is -5.16. The normalized spacial score (nSPS) is 24.9. The summed E-state index contributed by atoms with van der Waals surface area (Å²) in [6.45, 7) is 9.82. The molecule has 1 unspecified atom stereocenters. The van der Waals surface area contributed by atoms with E-state index in [4.69, 9.17) is 4.74 Å². The average molecular weight is 536 g/mol. The lowest BCUT2D eigenvalue weighted by molar-refractivity contribution is -0.176. The number of carbonyl (C=O) groups is 3. The van der Waals surface area contributed by atoms with Gasteiger partial charge in [0.05, 0.1) is 11.8 Å². The first-order valence-electron chi connectivity index (χ1n) is 12.5. The van der Waals surface area contributed by atoms with Gasteiger partial charge in [-0.2, -0.15) is 18.4 Å². The van der Waals surface area contributed by atoms with Gasteiger partial charge in [-0.25, -0.2) is 0 Å². The van der Waals surface area contributed by atoms with Gasteiger partial charge in [-0.05, 0) is 40.4 Å². The van der Waals surface area contributed by atoms with Crippen molar-refractivity contribution in [2.75, 3.05) is 25.0 Å². The Morgan fingerprint density at radius 3 is 2.50 bits per heavy atom. The molecule has 0 bridgehead atoms. The number of carbonyl (C=O) groups excluding carboxylic acids is 3. The molecule has 1 aromatic carbocycles. The summed E-state index contributed by atoms with van der Waals surface area (Å²) in [4.78, 5) is 40.2. The van der Waals surface area contributed by atoms with Gasteiger partial charge in [0.2, 0.25) is 11.8 Å². The van der Waals surface area contributed by atoms with E-state index in [1.807, 2.05) is 19.2 Å². The molecule has 0 radical (unpaired) electrons. The first-order chi connectivity index (χ1) is 17.6. The number of nitriles is 1. The highest BCUT2D eigenvalue weighted by Crippen LogP contribution is 2.65. The third-order valence-corrected chi connectivity index (χ3v) is 7.84. The van der Waals surface area contributed by atoms with Crippen LogP contribution in [0.25, 0.3) is 0 Å². The van der Waals surface area contributed by atoms with E-state index in [1.54, 1.807) is 39.0 Å². The number of amides is 3. The minimum Gasteiger partial charge on any atom is -0.490 e. The van der Waals surface area contributed by atoms with Gasteiger partial charge in [-0.15, -0.1) is 0 Å². The standard InChI is InChI=1S/C26H32F3N5O4/c1-24(2,3)20(33-23(37)26(27,28)29)22(36)34-12-14-18(25(14,4)5)19(34)21(35)32-16(11-30)13-6-7-15-17(10-13)38-9-8-31-15/h6-7,10,14,16,18-20,31H,8-9,12H2,1-5H3,(H,32,35)(H,33,37)/t14-,16?,18-,19-,20+/m0/s1. The molecule has 1 saturated carbocycles. The number of fused-ring (bicyclic) bond motifs is 2. The molecule has 206 valence electrons. The number of benzene rings is 1. The minimum absolute atomic E-state index is 0.0371. The van der Waals surface area contributed by atoms with Crippen molar-refractivity contribution < 1.29 is 32.3 Å². The molecule has 38 heavy (non-hydrogen) atoms. The zero-order chi connectivity index (χ0) is 28.2. The quantitative estimate of drug-likeness (QED) is 0.533. The Morgan fingerprint density at radius 1 is 1.21 bits per heavy atom. The number of nitrogens with one attached hydrogen (secondary N) is 3. The molecular formula is C26H32F3N5O4. The Kier molecular flexibility index (Phi) is 6.78. The lowest BCUT2D eigenvalue weighted by Crippen LogP contribution is -2.60. The van der Waals surface area contributed by atoms with Gasteiger partial charge >= 0.3 is 12.1 Å². The number of hydrogen-bond donors (Lipinski definition) is 3. The Balaban J connectivity index is 1.58. The van der Waals surface area contributed by atoms with E-state index in [9.17, 15) is 32.8 Å². The van der Waals surface area contributed by atoms with E-state index in [0.717, 1.165) is 5.69 Å². The van der Waals surface area contributed by atoms with E-state index in [-0.39, 0.29) is 23.8 Å². The highest BCUT2D eigenvalue weighted by Gasteiger charge is 2.70. The van der Waals surface area contributed by atoms with E-state index in [2.05, 4.69) is 16.7 Å². The molecule has 1 saturated heterocycles. The second-order valence-corrected chi connectivity index (χ2v) is 11.8. The first kappa shape index (κ1) is 27.5. The fourth-order valence-electron chi connectivity index (χ4n) is 5.59. The predicted octanol–water partition coefficient (Wildman–Crippen LogP) is 2.75. The lowest BCUT2D eigenvalue weighted by Gasteiger charge is -2.37. The third kappa shape index (κ3) is 4.98. The van der Waals surface area contributed by atoms with Crippen LogP contribution in [-0.4, -0.2) is 60.6 Å². The molecule has 5 atom stereocenters. The van der Waals surface area contributed by atoms with Crippen molar-refractivity contribution in [3.8, 4) is 11.8 Å². The molecule has 2 fully saturated rings. The monoisotopic (exact) mass is 535 g/mol. The third-order valence-electron chi connectivity index (χ3n) is 7.84. The van der Waals surface area contributed by atoms with Crippen molar-refractivity contribution in [1.82, 2.24) is 15.5 Å². The fourth-order valence-corrected chi connectivity index (χ4v) is 5.59. The number of halogens is 3. The summed E-state index contributed by atoms with van der Waals surface area (Å²) in [5.74, 6) is -3.27. The Hall–Kier alpha value is -3.49. The van der Waals surface area contributed by atoms with Crippen LogP contribution in [0.15, 0.2) is 18.2 Å². The Labute approximate surface area is 219 Å². The van der Waals surface area contributed by atoms with Crippen LogP contribution in [0.5, 0.6) is 5.75 Å². The summed E-state index contributed by atoms with van der Waals surface area (Å²) < 4.78 is 44.7. The highest BCUT2D eigenvalue weighted by molar-refractivity contribution is 5.95. The molecule has 0 spiro atoms. The molecule has 1 aliphatic carbocycles. The lowest BCUT2D eigenvalue weighted by atomic mass is 9.85. The number of rotatable bonds is 5. The Morgan fingerprint density at radius 2 is 1.89 bits per heavy atom. The maximum atomic E-state index is 13.6. The summed E-state index contributed by atoms with van der Waals surface area (Å²) in [5.41, 5.74) is -0.0603. The molecule has 9 nitrogen and oxygen atoms in total. The molecule has 3 aliphatic rings. The van der Waals surface area contributed by atoms with Crippen LogP contribution in [0.4, 0.5) is 18.9 Å². The summed E-state index contributed by atoms with van der Waals surface area (Å²) >= 11 is 0. The van der Waals surface area contributed by atoms with Crippen LogP contribution in [0.1, 0.15) is 46.2 Å². The summed E-state index contributed by atoms with van der Waals surface area (Å²) in [6.07, 6.45) is -5.16. The second-order valence-electron chi connectivity index (χ2n) is 11.8. The number of ether oxygens (including phenoxy) is 1. The van der Waals surface area contributed by atoms with Crippen molar-refractivity contribution >= 4 is 23.4 Å². The summed E-state index contributed by atoms with van der Waals surface area (Å²) in [7, 11) is 0. The smallest absolute Gasteiger partial charge is 0.471 e. The van der Waals surface area contributed by atoms with E-state index in [0.29, 0.717) is 24.5 Å². The van der Waals surface area contributed by atoms with Crippen molar-refractivity contribution in [3.05, 3.63) is 23.8 Å². The molecular weight excluding hydrogens is 503 g/mol. The maximum absolute atomic E-state index is 13.6. The molecule has 12 heteroatoms. The molecule has 3 amide bonds. The van der Waals surface area contributed by atoms with Gasteiger partial charge in [0.1, 0.15) is 30.5 Å². The number of nitrogens with zero attached hydrogens (tertiary/aromatic N) is 2. The van der Waals surface area contributed by atoms with Crippen LogP contribution >= 0.6 is 0 Å². The number of piperidine rings is 1. The van der Waals surface area contributed by atoms with Crippen molar-refractivity contribution in [2.24, 2.45) is 22.7 Å². The van der Waals surface area contributed by atoms with E-state index >= 15 is 0 Å². The van der Waals surface area contributed by atoms with Crippen LogP contribution in [-0.2, 0) is 14.4 Å². The predicted molar refractivity (Wildman–Crippen MR) is 131 cm³/mol. The second kappa shape index (κ2) is 9.36. The highest BCUT2D eigenvalue weighted by atomic mass is 19.4. The van der Waals surface area contributed by atoms with Gasteiger partial charge in [0, 0.05) is 13.1 Å². The van der Waals surface area contributed by atoms with Crippen LogP contribution in [0.2, 0.25) is 0 Å². The van der Waals surface area contributed by atoms with Gasteiger partial charge in [-0.1, -0.05) is 40.7 Å². The average Bonchev–Trinajstić information content (AvgIpc) is 3.16. The van der Waals surface area contributed by atoms with E-state index < -0.39 is 47.4 Å². The molecule has 4 rings (SSSR count). The molecule has 0 aromatic heterocycles. The first-order valence-corrected chi connectivity index (χ1v) is 12.5. The number of alkyl halides is 3. The molecule has 2 heterocycles. The summed E-state index contributed by atoms with van der Waals surface area (Å²) in [5, 5.41) is 17.6. The molecule has 3 N–H and O–H groups in total. The SMILES string of the molecule is CC(C)(C)[C@H](NC(=O)C(F)(F)F)C(=O)N1C[C@H]2[C@@H]([C@H]1C(=O)NC(C#N)c1ccc3c(c1)OCCN3)C2(C)C. The molecule has 2 aliphatic heterocycles. The topological polar surface area (TPSA) is 124 Å². The van der Waals surface area contributed by atoms with E-state index in [1.165, 1.54) is 4.90 Å². The largest absolute Gasteiger partial charge is 0.490 e. The number of anilines is 1. The van der Waals surface area contributed by atoms with Gasteiger partial charge in [-0.3, -0.25) is 14.4 Å². The zero-order valence-electron chi connectivity index (χ0n) is 21.9. The van der Waals surface area contributed by atoms with Crippen LogP contribution in [0.3, 0.4) is 0 Å². The van der Waals surface area contributed by atoms with Crippen molar-refractivity contribution in [2.45, 2.75) is 58.9 Å².